The average Bonchev–Trinajstić information content (AvgIpc) is 3.71. The summed E-state index contributed by atoms with van der Waals surface area (Å²) in [6, 6.07) is 10.6. The van der Waals surface area contributed by atoms with Crippen LogP contribution < -0.4 is 29.6 Å². The van der Waals surface area contributed by atoms with Gasteiger partial charge in [-0.3, -0.25) is 18.7 Å². The van der Waals surface area contributed by atoms with Gasteiger partial charge >= 0.3 is 20.8 Å². The molecule has 0 radical (unpaired) electrons. The summed E-state index contributed by atoms with van der Waals surface area (Å²) in [5, 5.41) is 12.9. The summed E-state index contributed by atoms with van der Waals surface area (Å²) in [7, 11) is -8.98. The first-order valence-electron chi connectivity index (χ1n) is 22.0. The predicted octanol–water partition coefficient (Wildman–Crippen LogP) is 4.95. The van der Waals surface area contributed by atoms with Gasteiger partial charge in [0.25, 0.3) is 0 Å². The average molecular weight is 873 g/mol. The molecule has 6 N–H and O–H groups in total. The zero-order valence-corrected chi connectivity index (χ0v) is 36.7. The molecule has 332 valence electrons. The Kier molecular flexibility index (Phi) is 14.1. The molecule has 0 spiro atoms. The molecule has 4 saturated carbocycles. The molecule has 0 amide bonds. The number of aryl methyl sites for hydroxylation is 2. The minimum Gasteiger partial charge on any atom is -0.362 e. The smallest absolute Gasteiger partial charge is 0.362 e. The number of nitrogens with one attached hydrogen (secondary N) is 4. The SMILES string of the molecule is C1CNCCN1.C1CNCCN1.C[C@]12CC[C@@H]3c4ccc(OS(=O)(=O)O)cc4CC[C@H]3[C@@H]1CCC2=O.C[C@]12CC[C@@H]3c4ccc(OS(=O)(=O)O)cc4CC[C@H]3[C@@H]1CCC2=O. The monoisotopic (exact) mass is 872 g/mol. The van der Waals surface area contributed by atoms with Crippen molar-refractivity contribution in [2.75, 3.05) is 52.4 Å². The number of fused-ring (bicyclic) bond motifs is 10. The van der Waals surface area contributed by atoms with Crippen LogP contribution in [0.5, 0.6) is 11.5 Å². The van der Waals surface area contributed by atoms with Gasteiger partial charge < -0.3 is 29.6 Å². The molecule has 0 bridgehead atoms. The minimum atomic E-state index is -4.49. The number of piperazine rings is 2. The summed E-state index contributed by atoms with van der Waals surface area (Å²) in [6.07, 6.45) is 11.1. The summed E-state index contributed by atoms with van der Waals surface area (Å²) in [4.78, 5) is 24.7. The Bertz CT molecular complexity index is 1920. The van der Waals surface area contributed by atoms with Gasteiger partial charge in [0.05, 0.1) is 0 Å². The first-order valence-corrected chi connectivity index (χ1v) is 24.8. The van der Waals surface area contributed by atoms with Gasteiger partial charge in [-0.2, -0.15) is 16.8 Å². The highest BCUT2D eigenvalue weighted by Gasteiger charge is 2.55. The number of Topliss-reactive ketones (excluding diaryl/α,β-unsaturated/α-hetero) is 2. The first kappa shape index (κ1) is 45.1. The van der Waals surface area contributed by atoms with Crippen molar-refractivity contribution in [3.8, 4) is 11.5 Å². The van der Waals surface area contributed by atoms with Crippen molar-refractivity contribution in [1.29, 1.82) is 0 Å². The number of rotatable bonds is 4. The van der Waals surface area contributed by atoms with Crippen molar-refractivity contribution in [3.63, 3.8) is 0 Å². The normalized spacial score (nSPS) is 32.9. The zero-order valence-electron chi connectivity index (χ0n) is 35.0. The third-order valence-electron chi connectivity index (χ3n) is 15.1. The van der Waals surface area contributed by atoms with Crippen LogP contribution in [0.25, 0.3) is 0 Å². The topological polar surface area (TPSA) is 209 Å². The summed E-state index contributed by atoms with van der Waals surface area (Å²) in [6.45, 7) is 13.4. The zero-order chi connectivity index (χ0) is 42.7. The molecule has 6 aliphatic carbocycles. The van der Waals surface area contributed by atoms with Gasteiger partial charge in [0.15, 0.2) is 0 Å². The Balaban J connectivity index is 0.000000142. The lowest BCUT2D eigenvalue weighted by molar-refractivity contribution is -0.130. The quantitative estimate of drug-likeness (QED) is 0.225. The first-order chi connectivity index (χ1) is 28.6. The van der Waals surface area contributed by atoms with Crippen LogP contribution in [0.3, 0.4) is 0 Å². The largest absolute Gasteiger partial charge is 0.446 e. The molecule has 2 aromatic carbocycles. The molecule has 0 aromatic heterocycles. The van der Waals surface area contributed by atoms with Gasteiger partial charge in [-0.1, -0.05) is 26.0 Å². The van der Waals surface area contributed by atoms with Gasteiger partial charge in [0.1, 0.15) is 23.1 Å². The molecular weight excluding hydrogens is 809 g/mol. The molecule has 2 heterocycles. The standard InChI is InChI=1S/2C18H22O5S.2C4H10N2/c2*1-18-9-8-14-13-5-3-12(23-24(20,21)22)10-11(13)2-4-15(14)16(18)6-7-17(18)19;2*1-2-6-4-3-5-1/h2*3,5,10,14-16H,2,4,6-9H2,1H3,(H,20,21,22);2*5-6H,1-4H2/t2*14-,15-,16+,18+;;/m11../s1. The second-order valence-corrected chi connectivity index (χ2v) is 20.5. The Hall–Kier alpha value is -2.96. The predicted molar refractivity (Wildman–Crippen MR) is 228 cm³/mol. The molecule has 6 fully saturated rings. The molecule has 2 saturated heterocycles. The van der Waals surface area contributed by atoms with Crippen LogP contribution in [-0.2, 0) is 43.2 Å². The number of benzene rings is 2. The minimum absolute atomic E-state index is 0.132. The third-order valence-corrected chi connectivity index (χ3v) is 15.9. The summed E-state index contributed by atoms with van der Waals surface area (Å²) >= 11 is 0. The molecule has 14 nitrogen and oxygen atoms in total. The fraction of sp³-hybridized carbons (Fsp3) is 0.682. The molecule has 8 aliphatic rings. The van der Waals surface area contributed by atoms with E-state index in [1.165, 1.54) is 11.1 Å². The molecule has 2 aromatic rings. The Morgan fingerprint density at radius 2 is 0.883 bits per heavy atom. The Morgan fingerprint density at radius 3 is 1.20 bits per heavy atom. The van der Waals surface area contributed by atoms with Crippen molar-refractivity contribution in [2.45, 2.75) is 103 Å². The van der Waals surface area contributed by atoms with E-state index in [9.17, 15) is 26.4 Å². The lowest BCUT2D eigenvalue weighted by Gasteiger charge is -2.48. The third kappa shape index (κ3) is 10.3. The molecule has 16 heteroatoms. The summed E-state index contributed by atoms with van der Waals surface area (Å²) < 4.78 is 70.4. The summed E-state index contributed by atoms with van der Waals surface area (Å²) in [5.41, 5.74) is 4.46. The van der Waals surface area contributed by atoms with Crippen LogP contribution >= 0.6 is 0 Å². The van der Waals surface area contributed by atoms with Crippen molar-refractivity contribution in [3.05, 3.63) is 58.7 Å². The highest BCUT2D eigenvalue weighted by Crippen LogP contribution is 2.61. The Labute approximate surface area is 356 Å². The number of hydrogen-bond acceptors (Lipinski definition) is 12. The van der Waals surface area contributed by atoms with Crippen LogP contribution in [0.1, 0.15) is 112 Å². The van der Waals surface area contributed by atoms with E-state index in [0.717, 1.165) is 141 Å². The molecule has 2 aliphatic heterocycles. The maximum atomic E-state index is 12.3. The van der Waals surface area contributed by atoms with E-state index in [-0.39, 0.29) is 22.3 Å². The fourth-order valence-electron chi connectivity index (χ4n) is 12.2. The van der Waals surface area contributed by atoms with Crippen LogP contribution in [0.15, 0.2) is 36.4 Å². The maximum absolute atomic E-state index is 12.3. The summed E-state index contributed by atoms with van der Waals surface area (Å²) in [5.74, 6) is 4.11. The number of hydrogen-bond donors (Lipinski definition) is 6. The van der Waals surface area contributed by atoms with E-state index in [2.05, 4.69) is 43.5 Å². The van der Waals surface area contributed by atoms with Crippen molar-refractivity contribution in [1.82, 2.24) is 21.3 Å². The van der Waals surface area contributed by atoms with Gasteiger partial charge in [-0.05, 0) is 146 Å². The van der Waals surface area contributed by atoms with E-state index in [0.29, 0.717) is 47.1 Å². The highest BCUT2D eigenvalue weighted by atomic mass is 32.3. The van der Waals surface area contributed by atoms with E-state index in [4.69, 9.17) is 9.11 Å². The van der Waals surface area contributed by atoms with E-state index < -0.39 is 20.8 Å². The lowest BCUT2D eigenvalue weighted by atomic mass is 9.55. The Morgan fingerprint density at radius 1 is 0.533 bits per heavy atom. The van der Waals surface area contributed by atoms with E-state index >= 15 is 0 Å². The second-order valence-electron chi connectivity index (χ2n) is 18.4. The molecule has 0 unspecified atom stereocenters. The van der Waals surface area contributed by atoms with Gasteiger partial charge in [-0.25, -0.2) is 0 Å². The van der Waals surface area contributed by atoms with Crippen molar-refractivity contribution >= 4 is 32.4 Å². The van der Waals surface area contributed by atoms with Gasteiger partial charge in [0, 0.05) is 76.0 Å². The highest BCUT2D eigenvalue weighted by molar-refractivity contribution is 7.81. The molecule has 8 atom stereocenters. The van der Waals surface area contributed by atoms with Crippen molar-refractivity contribution in [2.24, 2.45) is 34.5 Å². The maximum Gasteiger partial charge on any atom is 0.446 e. The second kappa shape index (κ2) is 18.8. The van der Waals surface area contributed by atoms with Gasteiger partial charge in [-0.15, -0.1) is 0 Å². The van der Waals surface area contributed by atoms with Crippen LogP contribution in [0, 0.1) is 34.5 Å². The molecular formula is C44H64N4O10S2. The van der Waals surface area contributed by atoms with Crippen LogP contribution in [0.4, 0.5) is 0 Å². The lowest BCUT2D eigenvalue weighted by Crippen LogP contribution is -2.42. The molecule has 10 rings (SSSR count). The number of ketones is 2. The van der Waals surface area contributed by atoms with Gasteiger partial charge in [0.2, 0.25) is 0 Å². The van der Waals surface area contributed by atoms with Crippen molar-refractivity contribution < 1.29 is 43.9 Å². The van der Waals surface area contributed by atoms with Crippen LogP contribution in [0.2, 0.25) is 0 Å². The van der Waals surface area contributed by atoms with E-state index in [1.807, 2.05) is 12.1 Å². The number of carbonyl (C=O) groups excluding carboxylic acids is 2. The van der Waals surface area contributed by atoms with Crippen LogP contribution in [-0.4, -0.2) is 89.9 Å². The molecule has 60 heavy (non-hydrogen) atoms. The fourth-order valence-corrected chi connectivity index (χ4v) is 12.9. The van der Waals surface area contributed by atoms with E-state index in [1.54, 1.807) is 24.3 Å². The number of carbonyl (C=O) groups is 2.